The van der Waals surface area contributed by atoms with Crippen molar-refractivity contribution in [2.24, 2.45) is 7.05 Å². The number of aryl methyl sites for hydroxylation is 1. The Bertz CT molecular complexity index is 776. The minimum atomic E-state index is -0.318. The molecule has 2 aromatic rings. The van der Waals surface area contributed by atoms with Gasteiger partial charge in [-0.3, -0.25) is 9.59 Å². The van der Waals surface area contributed by atoms with Gasteiger partial charge in [-0.2, -0.15) is 0 Å². The van der Waals surface area contributed by atoms with Crippen molar-refractivity contribution in [1.82, 2.24) is 14.5 Å². The SMILES string of the molecule is CN1CCN(c2ccc(NC(=O)c3ccn(C)c(=O)c3)cn2)CC1. The molecule has 1 amide bonds. The third-order valence-corrected chi connectivity index (χ3v) is 4.20. The molecule has 7 heteroatoms. The van der Waals surface area contributed by atoms with E-state index < -0.39 is 0 Å². The fraction of sp³-hybridized carbons (Fsp3) is 0.353. The molecule has 1 aliphatic heterocycles. The molecule has 1 saturated heterocycles. The second kappa shape index (κ2) is 6.84. The van der Waals surface area contributed by atoms with E-state index in [0.717, 1.165) is 32.0 Å². The summed E-state index contributed by atoms with van der Waals surface area (Å²) in [5, 5.41) is 2.77. The molecule has 0 atom stereocenters. The molecule has 1 fully saturated rings. The number of hydrogen-bond donors (Lipinski definition) is 1. The van der Waals surface area contributed by atoms with Crippen molar-refractivity contribution in [3.05, 3.63) is 52.6 Å². The lowest BCUT2D eigenvalue weighted by Crippen LogP contribution is -2.44. The molecule has 2 aromatic heterocycles. The van der Waals surface area contributed by atoms with Gasteiger partial charge in [0.1, 0.15) is 5.82 Å². The van der Waals surface area contributed by atoms with E-state index in [2.05, 4.69) is 27.1 Å². The van der Waals surface area contributed by atoms with Crippen molar-refractivity contribution in [2.75, 3.05) is 43.4 Å². The van der Waals surface area contributed by atoms with Gasteiger partial charge in [-0.15, -0.1) is 0 Å². The van der Waals surface area contributed by atoms with Crippen LogP contribution in [-0.2, 0) is 7.05 Å². The van der Waals surface area contributed by atoms with Gasteiger partial charge in [0.05, 0.1) is 11.9 Å². The smallest absolute Gasteiger partial charge is 0.255 e. The second-order valence-electron chi connectivity index (χ2n) is 6.01. The minimum absolute atomic E-state index is 0.216. The van der Waals surface area contributed by atoms with Crippen molar-refractivity contribution < 1.29 is 4.79 Å². The largest absolute Gasteiger partial charge is 0.354 e. The highest BCUT2D eigenvalue weighted by molar-refractivity contribution is 6.04. The lowest BCUT2D eigenvalue weighted by atomic mass is 10.2. The standard InChI is InChI=1S/C17H21N5O2/c1-20-7-9-22(10-8-20)15-4-3-14(12-18-15)19-17(24)13-5-6-21(2)16(23)11-13/h3-6,11-12H,7-10H2,1-2H3,(H,19,24). The predicted octanol–water partition coefficient (Wildman–Crippen LogP) is 0.784. The summed E-state index contributed by atoms with van der Waals surface area (Å²) in [6.07, 6.45) is 3.22. The molecule has 0 saturated carbocycles. The van der Waals surface area contributed by atoms with Crippen LogP contribution >= 0.6 is 0 Å². The van der Waals surface area contributed by atoms with Crippen LogP contribution in [0.15, 0.2) is 41.5 Å². The van der Waals surface area contributed by atoms with Crippen molar-refractivity contribution in [3.8, 4) is 0 Å². The summed E-state index contributed by atoms with van der Waals surface area (Å²) in [6.45, 7) is 3.93. The zero-order valence-corrected chi connectivity index (χ0v) is 13.9. The van der Waals surface area contributed by atoms with Crippen LogP contribution in [0.2, 0.25) is 0 Å². The zero-order chi connectivity index (χ0) is 17.1. The number of pyridine rings is 2. The highest BCUT2D eigenvalue weighted by Crippen LogP contribution is 2.16. The van der Waals surface area contributed by atoms with Gasteiger partial charge < -0.3 is 19.7 Å². The average molecular weight is 327 g/mol. The summed E-state index contributed by atoms with van der Waals surface area (Å²) >= 11 is 0. The third-order valence-electron chi connectivity index (χ3n) is 4.20. The van der Waals surface area contributed by atoms with Gasteiger partial charge >= 0.3 is 0 Å². The predicted molar refractivity (Wildman–Crippen MR) is 93.6 cm³/mol. The number of carbonyl (C=O) groups excluding carboxylic acids is 1. The van der Waals surface area contributed by atoms with Crippen LogP contribution in [0.25, 0.3) is 0 Å². The van der Waals surface area contributed by atoms with Gasteiger partial charge in [-0.1, -0.05) is 0 Å². The number of aromatic nitrogens is 2. The Labute approximate surface area is 140 Å². The molecule has 0 aliphatic carbocycles. The van der Waals surface area contributed by atoms with E-state index in [-0.39, 0.29) is 11.5 Å². The van der Waals surface area contributed by atoms with Crippen molar-refractivity contribution in [3.63, 3.8) is 0 Å². The molecule has 0 radical (unpaired) electrons. The summed E-state index contributed by atoms with van der Waals surface area (Å²) in [5.41, 5.74) is 0.728. The molecule has 3 heterocycles. The number of amides is 1. The van der Waals surface area contributed by atoms with Gasteiger partial charge in [0.2, 0.25) is 0 Å². The Kier molecular flexibility index (Phi) is 4.61. The first-order valence-corrected chi connectivity index (χ1v) is 7.90. The molecule has 1 N–H and O–H groups in total. The normalized spacial score (nSPS) is 15.3. The number of nitrogens with zero attached hydrogens (tertiary/aromatic N) is 4. The lowest BCUT2D eigenvalue weighted by molar-refractivity contribution is 0.102. The van der Waals surface area contributed by atoms with Crippen molar-refractivity contribution in [2.45, 2.75) is 0 Å². The monoisotopic (exact) mass is 327 g/mol. The minimum Gasteiger partial charge on any atom is -0.354 e. The summed E-state index contributed by atoms with van der Waals surface area (Å²) in [7, 11) is 3.76. The van der Waals surface area contributed by atoms with Gasteiger partial charge in [-0.25, -0.2) is 4.98 Å². The Morgan fingerprint density at radius 3 is 2.50 bits per heavy atom. The molecule has 126 valence electrons. The van der Waals surface area contributed by atoms with E-state index in [4.69, 9.17) is 0 Å². The molecule has 0 unspecified atom stereocenters. The number of rotatable bonds is 3. The molecule has 3 rings (SSSR count). The summed E-state index contributed by atoms with van der Waals surface area (Å²) in [5.74, 6) is 0.594. The van der Waals surface area contributed by atoms with E-state index in [1.807, 2.05) is 12.1 Å². The molecule has 0 bridgehead atoms. The summed E-state index contributed by atoms with van der Waals surface area (Å²) < 4.78 is 1.42. The number of likely N-dealkylation sites (N-methyl/N-ethyl adjacent to an activating group) is 1. The van der Waals surface area contributed by atoms with Gasteiger partial charge in [0.25, 0.3) is 11.5 Å². The summed E-state index contributed by atoms with van der Waals surface area (Å²) in [4.78, 5) is 32.7. The fourth-order valence-electron chi connectivity index (χ4n) is 2.58. The van der Waals surface area contributed by atoms with Crippen LogP contribution in [0, 0.1) is 0 Å². The van der Waals surface area contributed by atoms with Crippen LogP contribution < -0.4 is 15.8 Å². The molecule has 1 aliphatic rings. The average Bonchev–Trinajstić information content (AvgIpc) is 2.59. The van der Waals surface area contributed by atoms with Gasteiger partial charge in [0, 0.05) is 51.1 Å². The molecule has 0 spiro atoms. The molecular weight excluding hydrogens is 306 g/mol. The van der Waals surface area contributed by atoms with Gasteiger partial charge in [0.15, 0.2) is 0 Å². The third kappa shape index (κ3) is 3.62. The fourth-order valence-corrected chi connectivity index (χ4v) is 2.58. The first-order chi connectivity index (χ1) is 11.5. The number of nitrogens with one attached hydrogen (secondary N) is 1. The Morgan fingerprint density at radius 2 is 1.88 bits per heavy atom. The maximum absolute atomic E-state index is 12.2. The highest BCUT2D eigenvalue weighted by Gasteiger charge is 2.15. The summed E-state index contributed by atoms with van der Waals surface area (Å²) in [6, 6.07) is 6.68. The first kappa shape index (κ1) is 16.2. The Balaban J connectivity index is 1.66. The van der Waals surface area contributed by atoms with Crippen LogP contribution in [0.3, 0.4) is 0 Å². The Morgan fingerprint density at radius 1 is 1.12 bits per heavy atom. The van der Waals surface area contributed by atoms with E-state index in [1.165, 1.54) is 10.6 Å². The maximum atomic E-state index is 12.2. The van der Waals surface area contributed by atoms with E-state index in [0.29, 0.717) is 11.3 Å². The van der Waals surface area contributed by atoms with E-state index >= 15 is 0 Å². The van der Waals surface area contributed by atoms with Gasteiger partial charge in [-0.05, 0) is 25.2 Å². The molecular formula is C17H21N5O2. The van der Waals surface area contributed by atoms with Crippen molar-refractivity contribution >= 4 is 17.4 Å². The lowest BCUT2D eigenvalue weighted by Gasteiger charge is -2.33. The maximum Gasteiger partial charge on any atom is 0.255 e. The van der Waals surface area contributed by atoms with Crippen LogP contribution in [0.5, 0.6) is 0 Å². The first-order valence-electron chi connectivity index (χ1n) is 7.90. The number of hydrogen-bond acceptors (Lipinski definition) is 5. The van der Waals surface area contributed by atoms with Crippen molar-refractivity contribution in [1.29, 1.82) is 0 Å². The molecule has 24 heavy (non-hydrogen) atoms. The topological polar surface area (TPSA) is 70.5 Å². The quantitative estimate of drug-likeness (QED) is 0.902. The van der Waals surface area contributed by atoms with Crippen LogP contribution in [-0.4, -0.2) is 53.6 Å². The Hall–Kier alpha value is -2.67. The molecule has 7 nitrogen and oxygen atoms in total. The number of carbonyl (C=O) groups is 1. The van der Waals surface area contributed by atoms with E-state index in [1.54, 1.807) is 25.5 Å². The number of piperazine rings is 1. The highest BCUT2D eigenvalue weighted by atomic mass is 16.2. The second-order valence-corrected chi connectivity index (χ2v) is 6.01. The number of anilines is 2. The zero-order valence-electron chi connectivity index (χ0n) is 13.9. The molecule has 0 aromatic carbocycles. The van der Waals surface area contributed by atoms with Crippen LogP contribution in [0.4, 0.5) is 11.5 Å². The van der Waals surface area contributed by atoms with Crippen LogP contribution in [0.1, 0.15) is 10.4 Å². The van der Waals surface area contributed by atoms with E-state index in [9.17, 15) is 9.59 Å².